The van der Waals surface area contributed by atoms with Crippen molar-refractivity contribution in [2.45, 2.75) is 95.4 Å². The van der Waals surface area contributed by atoms with Crippen LogP contribution in [0, 0.1) is 30.6 Å². The number of rotatable bonds is 3. The van der Waals surface area contributed by atoms with E-state index >= 15 is 0 Å². The van der Waals surface area contributed by atoms with E-state index in [1.165, 1.54) is 0 Å². The number of fused-ring (bicyclic) bond motifs is 1. The zero-order valence-electron chi connectivity index (χ0n) is 23.8. The lowest BCUT2D eigenvalue weighted by atomic mass is 9.41. The molecule has 3 saturated heterocycles. The number of allylic oxidation sites excluding steroid dienone is 1. The minimum atomic E-state index is -1.22. The van der Waals surface area contributed by atoms with Gasteiger partial charge < -0.3 is 34.3 Å². The van der Waals surface area contributed by atoms with Gasteiger partial charge >= 0.3 is 5.97 Å². The number of nitrogens with zero attached hydrogens (tertiary/aromatic N) is 1. The van der Waals surface area contributed by atoms with Crippen molar-refractivity contribution in [3.63, 3.8) is 0 Å². The molecule has 3 aliphatic heterocycles. The van der Waals surface area contributed by atoms with Crippen molar-refractivity contribution in [3.8, 4) is 0 Å². The highest BCUT2D eigenvalue weighted by Gasteiger charge is 2.79. The van der Waals surface area contributed by atoms with Crippen LogP contribution in [0.15, 0.2) is 29.5 Å². The Labute approximate surface area is 230 Å². The molecule has 3 N–H and O–H groups in total. The summed E-state index contributed by atoms with van der Waals surface area (Å²) in [5.41, 5.74) is 1.65. The molecule has 0 amide bonds. The van der Waals surface area contributed by atoms with E-state index in [4.69, 9.17) is 14.2 Å². The summed E-state index contributed by atoms with van der Waals surface area (Å²) in [6.07, 6.45) is 8.89. The number of aliphatic hydroxyl groups is 2. The average molecular weight is 539 g/mol. The fourth-order valence-electron chi connectivity index (χ4n) is 9.86. The molecule has 4 heterocycles. The van der Waals surface area contributed by atoms with Gasteiger partial charge in [0.15, 0.2) is 5.79 Å². The minimum Gasteiger partial charge on any atom is -0.454 e. The molecule has 0 radical (unpaired) electrons. The number of ether oxygens (including phenoxy) is 3. The van der Waals surface area contributed by atoms with E-state index in [1.807, 2.05) is 27.0 Å². The fraction of sp³-hybridized carbons (Fsp3) is 0.710. The highest BCUT2D eigenvalue weighted by atomic mass is 16.7. The number of hydrogen-bond acceptors (Lipinski definition) is 7. The number of hydrogen-bond donors (Lipinski definition) is 3. The summed E-state index contributed by atoms with van der Waals surface area (Å²) in [6.45, 7) is 10.0. The number of likely N-dealkylation sites (N-methyl/N-ethyl adjacent to an activating group) is 1. The molecule has 0 aromatic carbocycles. The quantitative estimate of drug-likeness (QED) is 0.399. The van der Waals surface area contributed by atoms with Crippen molar-refractivity contribution in [2.75, 3.05) is 26.7 Å². The van der Waals surface area contributed by atoms with E-state index in [-0.39, 0.29) is 17.3 Å². The first kappa shape index (κ1) is 26.0. The van der Waals surface area contributed by atoms with E-state index in [1.54, 1.807) is 0 Å². The Kier molecular flexibility index (Phi) is 5.37. The van der Waals surface area contributed by atoms with Gasteiger partial charge in [0, 0.05) is 48.7 Å². The van der Waals surface area contributed by atoms with Crippen LogP contribution < -0.4 is 0 Å². The largest absolute Gasteiger partial charge is 0.454 e. The van der Waals surface area contributed by atoms with Crippen LogP contribution in [0.3, 0.4) is 0 Å². The van der Waals surface area contributed by atoms with Crippen molar-refractivity contribution in [1.29, 1.82) is 0 Å². The summed E-state index contributed by atoms with van der Waals surface area (Å²) in [7, 11) is 2.10. The van der Waals surface area contributed by atoms with Crippen LogP contribution in [0.2, 0.25) is 0 Å². The monoisotopic (exact) mass is 538 g/mol. The Morgan fingerprint density at radius 3 is 2.79 bits per heavy atom. The maximum atomic E-state index is 13.3. The van der Waals surface area contributed by atoms with Crippen LogP contribution in [0.5, 0.6) is 0 Å². The van der Waals surface area contributed by atoms with Crippen molar-refractivity contribution in [2.24, 2.45) is 16.7 Å². The Bertz CT molecular complexity index is 1280. The van der Waals surface area contributed by atoms with Crippen LogP contribution >= 0.6 is 0 Å². The van der Waals surface area contributed by atoms with Gasteiger partial charge in [0.25, 0.3) is 0 Å². The predicted molar refractivity (Wildman–Crippen MR) is 144 cm³/mol. The molecule has 4 aliphatic carbocycles. The molecule has 4 bridgehead atoms. The number of H-pyrrole nitrogens is 1. The van der Waals surface area contributed by atoms with Gasteiger partial charge in [0.2, 0.25) is 0 Å². The van der Waals surface area contributed by atoms with Crippen LogP contribution in [0.25, 0.3) is 0 Å². The Balaban J connectivity index is 1.33. The second kappa shape index (κ2) is 8.07. The van der Waals surface area contributed by atoms with Crippen molar-refractivity contribution < 1.29 is 29.2 Å². The van der Waals surface area contributed by atoms with Gasteiger partial charge in [0.05, 0.1) is 18.3 Å². The number of aromatic nitrogens is 1. The highest BCUT2D eigenvalue weighted by molar-refractivity contribution is 5.92. The molecule has 8 nitrogen and oxygen atoms in total. The van der Waals surface area contributed by atoms with Gasteiger partial charge in [-0.25, -0.2) is 4.79 Å². The minimum absolute atomic E-state index is 0.252. The third kappa shape index (κ3) is 3.05. The molecule has 8 atom stereocenters. The van der Waals surface area contributed by atoms with Gasteiger partial charge in [-0.05, 0) is 76.1 Å². The van der Waals surface area contributed by atoms with Crippen LogP contribution in [-0.2, 0) is 14.2 Å². The Morgan fingerprint density at radius 1 is 1.26 bits per heavy atom. The van der Waals surface area contributed by atoms with Crippen LogP contribution in [-0.4, -0.2) is 82.0 Å². The maximum Gasteiger partial charge on any atom is 0.340 e. The van der Waals surface area contributed by atoms with Gasteiger partial charge in [0.1, 0.15) is 17.3 Å². The summed E-state index contributed by atoms with van der Waals surface area (Å²) in [6, 6.07) is 0. The predicted octanol–water partition coefficient (Wildman–Crippen LogP) is 3.55. The molecule has 1 aromatic heterocycles. The number of carbonyl (C=O) groups is 1. The second-order valence-corrected chi connectivity index (χ2v) is 13.6. The van der Waals surface area contributed by atoms with E-state index < -0.39 is 34.6 Å². The first-order valence-electron chi connectivity index (χ1n) is 14.6. The summed E-state index contributed by atoms with van der Waals surface area (Å²) in [5.74, 6) is -1.31. The average Bonchev–Trinajstić information content (AvgIpc) is 3.31. The van der Waals surface area contributed by atoms with Crippen molar-refractivity contribution in [3.05, 3.63) is 46.3 Å². The van der Waals surface area contributed by atoms with E-state index in [0.717, 1.165) is 41.8 Å². The summed E-state index contributed by atoms with van der Waals surface area (Å²) in [5, 5.41) is 23.8. The smallest absolute Gasteiger partial charge is 0.340 e. The third-order valence-corrected chi connectivity index (χ3v) is 11.7. The maximum absolute atomic E-state index is 13.3. The molecule has 1 aromatic rings. The SMILES string of the molecule is Cc1c[nH]c(C)c1C(=O)O[C@@H](C)C1=CC[C@@]23OCCN(C)C[C@@]12C[C@@H](O)[C@]12O[C@@]4(O)CC[C@@]1(C)[C@H](CC=C32)C4. The lowest BCUT2D eigenvalue weighted by Gasteiger charge is -2.73. The molecule has 7 aliphatic rings. The van der Waals surface area contributed by atoms with E-state index in [0.29, 0.717) is 44.4 Å². The lowest BCUT2D eigenvalue weighted by molar-refractivity contribution is -0.401. The first-order chi connectivity index (χ1) is 18.4. The molecule has 2 saturated carbocycles. The molecule has 8 rings (SSSR count). The standard InChI is InChI=1S/C31H42N2O6/c1-18-16-32-19(2)25(18)26(35)38-20(3)22-8-9-30-23-7-6-21-14-29(36)11-10-27(21,4)31(23,39-29)24(34)15-28(22,30)17-33(5)12-13-37-30/h7-8,16,20-21,24,32,34,36H,6,9-15,17H2,1-5H3/t20-,21+,24+,27-,28-,29-,30-,31-/m0/s1. The molecular formula is C31H42N2O6. The third-order valence-electron chi connectivity index (χ3n) is 11.7. The molecular weight excluding hydrogens is 496 g/mol. The molecule has 1 spiro atoms. The normalized spacial score (nSPS) is 45.4. The lowest BCUT2D eigenvalue weighted by Crippen LogP contribution is -2.79. The number of carbonyl (C=O) groups excluding carboxylic acids is 1. The van der Waals surface area contributed by atoms with Gasteiger partial charge in [-0.3, -0.25) is 0 Å². The number of aliphatic hydroxyl groups excluding tert-OH is 1. The molecule has 212 valence electrons. The summed E-state index contributed by atoms with van der Waals surface area (Å²) in [4.78, 5) is 18.7. The Morgan fingerprint density at radius 2 is 2.05 bits per heavy atom. The highest BCUT2D eigenvalue weighted by Crippen LogP contribution is 2.74. The first-order valence-corrected chi connectivity index (χ1v) is 14.6. The second-order valence-electron chi connectivity index (χ2n) is 13.6. The van der Waals surface area contributed by atoms with E-state index in [2.05, 4.69) is 36.0 Å². The molecule has 0 unspecified atom stereocenters. The van der Waals surface area contributed by atoms with Gasteiger partial charge in [-0.15, -0.1) is 0 Å². The molecule has 8 heteroatoms. The fourth-order valence-corrected chi connectivity index (χ4v) is 9.86. The number of nitrogens with one attached hydrogen (secondary N) is 1. The molecule has 5 fully saturated rings. The van der Waals surface area contributed by atoms with Gasteiger partial charge in [-0.1, -0.05) is 19.1 Å². The topological polar surface area (TPSA) is 104 Å². The van der Waals surface area contributed by atoms with E-state index in [9.17, 15) is 15.0 Å². The summed E-state index contributed by atoms with van der Waals surface area (Å²) >= 11 is 0. The van der Waals surface area contributed by atoms with Crippen LogP contribution in [0.1, 0.15) is 74.0 Å². The van der Waals surface area contributed by atoms with Gasteiger partial charge in [-0.2, -0.15) is 0 Å². The number of aryl methyl sites for hydroxylation is 2. The van der Waals surface area contributed by atoms with Crippen molar-refractivity contribution >= 4 is 5.97 Å². The Hall–Kier alpha value is -1.97. The van der Waals surface area contributed by atoms with Crippen molar-refractivity contribution in [1.82, 2.24) is 9.88 Å². The zero-order valence-corrected chi connectivity index (χ0v) is 23.8. The number of esters is 1. The summed E-state index contributed by atoms with van der Waals surface area (Å²) < 4.78 is 19.9. The number of aromatic amines is 1. The van der Waals surface area contributed by atoms with Crippen LogP contribution in [0.4, 0.5) is 0 Å². The molecule has 39 heavy (non-hydrogen) atoms. The zero-order chi connectivity index (χ0) is 27.6.